The van der Waals surface area contributed by atoms with E-state index in [1.54, 1.807) is 6.07 Å². The fourth-order valence-corrected chi connectivity index (χ4v) is 2.16. The third kappa shape index (κ3) is 1.61. The average Bonchev–Trinajstić information content (AvgIpc) is 2.51. The summed E-state index contributed by atoms with van der Waals surface area (Å²) in [5.74, 6) is 0. The first kappa shape index (κ1) is 10.8. The number of imidazole rings is 1. The molecule has 0 aliphatic rings. The van der Waals surface area contributed by atoms with E-state index in [0.29, 0.717) is 10.3 Å². The van der Waals surface area contributed by atoms with Gasteiger partial charge in [-0.2, -0.15) is 0 Å². The fourth-order valence-electron chi connectivity index (χ4n) is 1.75. The molecule has 0 saturated heterocycles. The zero-order valence-electron chi connectivity index (χ0n) is 8.93. The minimum absolute atomic E-state index is 0.0691. The van der Waals surface area contributed by atoms with Crippen molar-refractivity contribution < 1.29 is 4.92 Å². The second kappa shape index (κ2) is 3.71. The van der Waals surface area contributed by atoms with E-state index in [9.17, 15) is 10.1 Å². The summed E-state index contributed by atoms with van der Waals surface area (Å²) in [5.41, 5.74) is 1.66. The smallest absolute Gasteiger partial charge is 0.271 e. The van der Waals surface area contributed by atoms with Crippen LogP contribution in [0, 0.1) is 14.9 Å². The molecule has 0 atom stereocenters. The minimum Gasteiger partial charge on any atom is -0.330 e. The molecule has 16 heavy (non-hydrogen) atoms. The molecule has 0 unspecified atom stereocenters. The van der Waals surface area contributed by atoms with Gasteiger partial charge < -0.3 is 9.55 Å². The van der Waals surface area contributed by atoms with Crippen molar-refractivity contribution in [3.63, 3.8) is 0 Å². The lowest BCUT2D eigenvalue weighted by atomic mass is 10.2. The zero-order valence-corrected chi connectivity index (χ0v) is 9.75. The van der Waals surface area contributed by atoms with Gasteiger partial charge in [-0.3, -0.25) is 10.1 Å². The molecular weight excluding hydrogens is 226 g/mol. The molecule has 1 N–H and O–H groups in total. The van der Waals surface area contributed by atoms with E-state index in [4.69, 9.17) is 12.2 Å². The number of fused-ring (bicyclic) bond motifs is 1. The van der Waals surface area contributed by atoms with Crippen molar-refractivity contribution in [1.82, 2.24) is 9.55 Å². The lowest BCUT2D eigenvalue weighted by Gasteiger charge is -2.07. The Balaban J connectivity index is 2.75. The number of benzene rings is 1. The Hall–Kier alpha value is -1.69. The van der Waals surface area contributed by atoms with Crippen molar-refractivity contribution in [1.29, 1.82) is 0 Å². The van der Waals surface area contributed by atoms with E-state index in [0.717, 1.165) is 5.52 Å². The van der Waals surface area contributed by atoms with Gasteiger partial charge >= 0.3 is 0 Å². The number of non-ortho nitro benzene ring substituents is 1. The number of rotatable bonds is 2. The topological polar surface area (TPSA) is 63.9 Å². The highest BCUT2D eigenvalue weighted by Crippen LogP contribution is 2.23. The minimum atomic E-state index is -0.414. The maximum Gasteiger partial charge on any atom is 0.271 e. The van der Waals surface area contributed by atoms with E-state index in [1.807, 2.05) is 18.4 Å². The fraction of sp³-hybridized carbons (Fsp3) is 0.300. The summed E-state index contributed by atoms with van der Waals surface area (Å²) in [6.07, 6.45) is 0. The van der Waals surface area contributed by atoms with E-state index in [1.165, 1.54) is 12.1 Å². The summed E-state index contributed by atoms with van der Waals surface area (Å²) in [7, 11) is 0. The molecule has 6 heteroatoms. The number of hydrogen-bond acceptors (Lipinski definition) is 3. The summed E-state index contributed by atoms with van der Waals surface area (Å²) in [6.45, 7) is 4.04. The van der Waals surface area contributed by atoms with Crippen LogP contribution in [0.2, 0.25) is 0 Å². The van der Waals surface area contributed by atoms with Gasteiger partial charge in [0.15, 0.2) is 4.77 Å². The zero-order chi connectivity index (χ0) is 11.9. The van der Waals surface area contributed by atoms with Crippen LogP contribution in [-0.4, -0.2) is 14.5 Å². The average molecular weight is 237 g/mol. The summed E-state index contributed by atoms with van der Waals surface area (Å²) in [5, 5.41) is 10.6. The number of hydrogen-bond donors (Lipinski definition) is 1. The van der Waals surface area contributed by atoms with E-state index < -0.39 is 4.92 Å². The molecule has 1 aromatic heterocycles. The molecule has 0 saturated carbocycles. The lowest BCUT2D eigenvalue weighted by Crippen LogP contribution is -1.99. The second-order valence-corrected chi connectivity index (χ2v) is 4.24. The maximum atomic E-state index is 10.6. The SMILES string of the molecule is CC(C)n1c(=S)[nH]c2cc([N+](=O)[O-])ccc21. The van der Waals surface area contributed by atoms with Crippen LogP contribution in [-0.2, 0) is 0 Å². The van der Waals surface area contributed by atoms with Crippen LogP contribution in [0.1, 0.15) is 19.9 Å². The number of aromatic nitrogens is 2. The molecule has 0 aliphatic carbocycles. The molecule has 0 bridgehead atoms. The van der Waals surface area contributed by atoms with E-state index in [-0.39, 0.29) is 11.7 Å². The molecule has 0 amide bonds. The Kier molecular flexibility index (Phi) is 2.51. The summed E-state index contributed by atoms with van der Waals surface area (Å²) >= 11 is 5.18. The Morgan fingerprint density at radius 2 is 2.19 bits per heavy atom. The van der Waals surface area contributed by atoms with Gasteiger partial charge in [0.25, 0.3) is 5.69 Å². The van der Waals surface area contributed by atoms with Crippen LogP contribution in [0.15, 0.2) is 18.2 Å². The first-order valence-electron chi connectivity index (χ1n) is 4.89. The predicted octanol–water partition coefficient (Wildman–Crippen LogP) is 3.19. The number of nitro benzene ring substituents is 1. The number of H-pyrrole nitrogens is 1. The van der Waals surface area contributed by atoms with Crippen molar-refractivity contribution in [2.24, 2.45) is 0 Å². The van der Waals surface area contributed by atoms with E-state index in [2.05, 4.69) is 4.98 Å². The van der Waals surface area contributed by atoms with Crippen LogP contribution in [0.3, 0.4) is 0 Å². The van der Waals surface area contributed by atoms with Gasteiger partial charge in [0, 0.05) is 18.2 Å². The quantitative estimate of drug-likeness (QED) is 0.495. The van der Waals surface area contributed by atoms with Crippen LogP contribution in [0.5, 0.6) is 0 Å². The monoisotopic (exact) mass is 237 g/mol. The summed E-state index contributed by atoms with van der Waals surface area (Å²) < 4.78 is 2.53. The number of aromatic amines is 1. The van der Waals surface area contributed by atoms with Crippen LogP contribution < -0.4 is 0 Å². The van der Waals surface area contributed by atoms with Crippen molar-refractivity contribution >= 4 is 28.9 Å². The molecule has 2 rings (SSSR count). The molecular formula is C10H11N3O2S. The highest BCUT2D eigenvalue weighted by atomic mass is 32.1. The van der Waals surface area contributed by atoms with Gasteiger partial charge in [-0.1, -0.05) is 0 Å². The van der Waals surface area contributed by atoms with Gasteiger partial charge in [-0.15, -0.1) is 0 Å². The van der Waals surface area contributed by atoms with Crippen LogP contribution >= 0.6 is 12.2 Å². The van der Waals surface area contributed by atoms with Crippen molar-refractivity contribution in [3.8, 4) is 0 Å². The first-order chi connectivity index (χ1) is 7.50. The Morgan fingerprint density at radius 1 is 1.50 bits per heavy atom. The Bertz CT molecular complexity index is 612. The largest absolute Gasteiger partial charge is 0.330 e. The van der Waals surface area contributed by atoms with Crippen LogP contribution in [0.4, 0.5) is 5.69 Å². The molecule has 0 spiro atoms. The molecule has 1 heterocycles. The van der Waals surface area contributed by atoms with Crippen LogP contribution in [0.25, 0.3) is 11.0 Å². The van der Waals surface area contributed by atoms with Crippen molar-refractivity contribution in [3.05, 3.63) is 33.1 Å². The maximum absolute atomic E-state index is 10.6. The summed E-state index contributed by atoms with van der Waals surface area (Å²) in [4.78, 5) is 13.2. The number of nitro groups is 1. The van der Waals surface area contributed by atoms with Gasteiger partial charge in [-0.05, 0) is 32.1 Å². The molecule has 84 valence electrons. The molecule has 1 aromatic carbocycles. The summed E-state index contributed by atoms with van der Waals surface area (Å²) in [6, 6.07) is 4.94. The van der Waals surface area contributed by atoms with Gasteiger partial charge in [-0.25, -0.2) is 0 Å². The Morgan fingerprint density at radius 3 is 2.75 bits per heavy atom. The molecule has 5 nitrogen and oxygen atoms in total. The lowest BCUT2D eigenvalue weighted by molar-refractivity contribution is -0.384. The highest BCUT2D eigenvalue weighted by Gasteiger charge is 2.11. The third-order valence-electron chi connectivity index (χ3n) is 2.43. The molecule has 0 aliphatic heterocycles. The van der Waals surface area contributed by atoms with Gasteiger partial charge in [0.1, 0.15) is 0 Å². The highest BCUT2D eigenvalue weighted by molar-refractivity contribution is 7.71. The molecule has 2 aromatic rings. The third-order valence-corrected chi connectivity index (χ3v) is 2.73. The normalized spacial score (nSPS) is 11.2. The molecule has 0 fully saturated rings. The van der Waals surface area contributed by atoms with Gasteiger partial charge in [0.2, 0.25) is 0 Å². The standard InChI is InChI=1S/C10H11N3O2S/c1-6(2)12-9-4-3-7(13(14)15)5-8(9)11-10(12)16/h3-6H,1-2H3,(H,11,16). The van der Waals surface area contributed by atoms with E-state index >= 15 is 0 Å². The first-order valence-corrected chi connectivity index (χ1v) is 5.30. The number of nitrogens with zero attached hydrogens (tertiary/aromatic N) is 2. The Labute approximate surface area is 96.9 Å². The number of nitrogens with one attached hydrogen (secondary N) is 1. The van der Waals surface area contributed by atoms with Crippen molar-refractivity contribution in [2.45, 2.75) is 19.9 Å². The van der Waals surface area contributed by atoms with Gasteiger partial charge in [0.05, 0.1) is 16.0 Å². The van der Waals surface area contributed by atoms with Crippen molar-refractivity contribution in [2.75, 3.05) is 0 Å². The predicted molar refractivity (Wildman–Crippen MR) is 64.2 cm³/mol. The second-order valence-electron chi connectivity index (χ2n) is 3.85. The molecule has 0 radical (unpaired) electrons.